The minimum absolute atomic E-state index is 0. The van der Waals surface area contributed by atoms with Crippen LogP contribution >= 0.6 is 0 Å². The SMILES string of the molecule is [Ag+].[Ag+].[Ni+2].[O-2].[O-2]. The fourth-order valence-electron chi connectivity index (χ4n) is 0. The van der Waals surface area contributed by atoms with Gasteiger partial charge >= 0.3 is 61.3 Å². The zero-order valence-electron chi connectivity index (χ0n) is 1.74. The van der Waals surface area contributed by atoms with E-state index in [2.05, 4.69) is 0 Å². The molecule has 5 heteroatoms. The quantitative estimate of drug-likeness (QED) is 0.555. The molecule has 0 aliphatic rings. The van der Waals surface area contributed by atoms with Gasteiger partial charge in [-0.2, -0.15) is 0 Å². The molecular weight excluding hydrogens is 306 g/mol. The largest absolute Gasteiger partial charge is 2.00 e. The van der Waals surface area contributed by atoms with Crippen LogP contribution in [0.5, 0.6) is 0 Å². The monoisotopic (exact) mass is 304 g/mol. The van der Waals surface area contributed by atoms with Crippen LogP contribution in [0, 0.1) is 0 Å². The van der Waals surface area contributed by atoms with E-state index in [0.717, 1.165) is 0 Å². The maximum Gasteiger partial charge on any atom is 2.00 e. The molecule has 44 valence electrons. The van der Waals surface area contributed by atoms with Crippen LogP contribution < -0.4 is 0 Å². The van der Waals surface area contributed by atoms with Crippen LogP contribution in [0.25, 0.3) is 0 Å². The van der Waals surface area contributed by atoms with Gasteiger partial charge in [0.25, 0.3) is 0 Å². The van der Waals surface area contributed by atoms with Crippen LogP contribution in [0.4, 0.5) is 0 Å². The van der Waals surface area contributed by atoms with Crippen molar-refractivity contribution >= 4 is 0 Å². The van der Waals surface area contributed by atoms with Crippen molar-refractivity contribution in [2.24, 2.45) is 0 Å². The Bertz CT molecular complexity index is 7.61. The molecule has 0 aromatic carbocycles. The van der Waals surface area contributed by atoms with E-state index in [-0.39, 0.29) is 72.2 Å². The van der Waals surface area contributed by atoms with Crippen molar-refractivity contribution in [2.75, 3.05) is 0 Å². The molecule has 0 bridgehead atoms. The number of rotatable bonds is 0. The molecule has 0 aliphatic carbocycles. The van der Waals surface area contributed by atoms with Crippen molar-refractivity contribution in [1.82, 2.24) is 0 Å². The average Bonchev–Trinajstić information content (AvgIpc) is 0. The summed E-state index contributed by atoms with van der Waals surface area (Å²) in [6, 6.07) is 0. The maximum absolute atomic E-state index is 0. The maximum atomic E-state index is 0. The van der Waals surface area contributed by atoms with E-state index < -0.39 is 0 Å². The Balaban J connectivity index is 0. The van der Waals surface area contributed by atoms with Gasteiger partial charge in [0, 0.05) is 0 Å². The molecule has 0 spiro atoms. The van der Waals surface area contributed by atoms with Gasteiger partial charge in [-0.25, -0.2) is 0 Å². The molecular formula is Ag2NiO2. The molecule has 0 unspecified atom stereocenters. The van der Waals surface area contributed by atoms with E-state index in [4.69, 9.17) is 0 Å². The third kappa shape index (κ3) is 24.9. The van der Waals surface area contributed by atoms with Gasteiger partial charge in [-0.1, -0.05) is 0 Å². The molecule has 0 saturated heterocycles. The second-order valence-corrected chi connectivity index (χ2v) is 0. The van der Waals surface area contributed by atoms with Crippen LogP contribution in [0.15, 0.2) is 0 Å². The first-order valence-electron chi connectivity index (χ1n) is 0. The third-order valence-corrected chi connectivity index (χ3v) is 0. The van der Waals surface area contributed by atoms with E-state index in [1.165, 1.54) is 0 Å². The van der Waals surface area contributed by atoms with E-state index in [1.807, 2.05) is 0 Å². The summed E-state index contributed by atoms with van der Waals surface area (Å²) in [5.74, 6) is 0. The Hall–Kier alpha value is 1.89. The van der Waals surface area contributed by atoms with Gasteiger partial charge in [0.2, 0.25) is 0 Å². The minimum Gasteiger partial charge on any atom is -2.00 e. The number of hydrogen-bond acceptors (Lipinski definition) is 0. The summed E-state index contributed by atoms with van der Waals surface area (Å²) in [5.41, 5.74) is 0. The number of hydrogen-bond donors (Lipinski definition) is 0. The Morgan fingerprint density at radius 3 is 0.600 bits per heavy atom. The van der Waals surface area contributed by atoms with Crippen LogP contribution in [0.3, 0.4) is 0 Å². The molecule has 0 aliphatic heterocycles. The van der Waals surface area contributed by atoms with Crippen LogP contribution in [0.2, 0.25) is 0 Å². The van der Waals surface area contributed by atoms with Crippen LogP contribution in [-0.4, -0.2) is 0 Å². The molecule has 0 aromatic rings. The van der Waals surface area contributed by atoms with Crippen molar-refractivity contribution in [2.45, 2.75) is 0 Å². The van der Waals surface area contributed by atoms with Crippen molar-refractivity contribution < 1.29 is 72.2 Å². The van der Waals surface area contributed by atoms with E-state index in [1.54, 1.807) is 0 Å². The second kappa shape index (κ2) is 39.4. The van der Waals surface area contributed by atoms with Crippen molar-refractivity contribution in [3.8, 4) is 0 Å². The average molecular weight is 306 g/mol. The van der Waals surface area contributed by atoms with Gasteiger partial charge in [-0.3, -0.25) is 0 Å². The van der Waals surface area contributed by atoms with Crippen molar-refractivity contribution in [3.05, 3.63) is 0 Å². The van der Waals surface area contributed by atoms with Gasteiger partial charge in [-0.05, 0) is 0 Å². The summed E-state index contributed by atoms with van der Waals surface area (Å²) in [5, 5.41) is 0. The van der Waals surface area contributed by atoms with Crippen LogP contribution in [0.1, 0.15) is 0 Å². The molecule has 0 amide bonds. The Morgan fingerprint density at radius 1 is 0.600 bits per heavy atom. The van der Waals surface area contributed by atoms with Crippen molar-refractivity contribution in [3.63, 3.8) is 0 Å². The first-order chi connectivity index (χ1) is 0. The summed E-state index contributed by atoms with van der Waals surface area (Å²) in [7, 11) is 0. The Labute approximate surface area is 71.6 Å². The van der Waals surface area contributed by atoms with Gasteiger partial charge in [0.1, 0.15) is 0 Å². The van der Waals surface area contributed by atoms with Gasteiger partial charge in [0.05, 0.1) is 0 Å². The normalized spacial score (nSPS) is 0. The second-order valence-electron chi connectivity index (χ2n) is 0. The Morgan fingerprint density at radius 2 is 0.600 bits per heavy atom. The van der Waals surface area contributed by atoms with Gasteiger partial charge < -0.3 is 11.0 Å². The van der Waals surface area contributed by atoms with Gasteiger partial charge in [-0.15, -0.1) is 0 Å². The summed E-state index contributed by atoms with van der Waals surface area (Å²) in [4.78, 5) is 0. The summed E-state index contributed by atoms with van der Waals surface area (Å²) >= 11 is 0. The summed E-state index contributed by atoms with van der Waals surface area (Å²) < 4.78 is 0. The first-order valence-corrected chi connectivity index (χ1v) is 0. The predicted molar refractivity (Wildman–Crippen MR) is 1.37 cm³/mol. The molecule has 0 saturated carbocycles. The molecule has 0 aromatic heterocycles. The molecule has 0 atom stereocenters. The molecule has 0 radical (unpaired) electrons. The topological polar surface area (TPSA) is 57.0 Å². The minimum atomic E-state index is 0. The van der Waals surface area contributed by atoms with Gasteiger partial charge in [0.15, 0.2) is 0 Å². The molecule has 0 heterocycles. The fourth-order valence-corrected chi connectivity index (χ4v) is 0. The Kier molecular flexibility index (Phi) is 525. The van der Waals surface area contributed by atoms with Crippen molar-refractivity contribution in [1.29, 1.82) is 0 Å². The first kappa shape index (κ1) is 66.8. The van der Waals surface area contributed by atoms with E-state index in [9.17, 15) is 0 Å². The third-order valence-electron chi connectivity index (χ3n) is 0. The van der Waals surface area contributed by atoms with E-state index >= 15 is 0 Å². The van der Waals surface area contributed by atoms with Crippen LogP contribution in [-0.2, 0) is 72.2 Å². The van der Waals surface area contributed by atoms with E-state index in [0.29, 0.717) is 0 Å². The zero-order valence-corrected chi connectivity index (χ0v) is 5.69. The summed E-state index contributed by atoms with van der Waals surface area (Å²) in [6.07, 6.45) is 0. The summed E-state index contributed by atoms with van der Waals surface area (Å²) in [6.45, 7) is 0. The molecule has 0 N–H and O–H groups in total. The fraction of sp³-hybridized carbons (Fsp3) is 0. The smallest absolute Gasteiger partial charge is 2.00 e. The zero-order chi connectivity index (χ0) is 0. The predicted octanol–water partition coefficient (Wildman–Crippen LogP) is -0.245. The molecule has 2 nitrogen and oxygen atoms in total. The molecule has 0 fully saturated rings. The molecule has 5 heavy (non-hydrogen) atoms. The molecule has 0 rings (SSSR count). The standard InChI is InChI=1S/2Ag.Ni.2O/q2*+1;+2;2*-2.